The Balaban J connectivity index is 2.52. The Kier molecular flexibility index (Phi) is 4.94. The van der Waals surface area contributed by atoms with Crippen LogP contribution in [0.15, 0.2) is 28.0 Å². The molecule has 6 heteroatoms. The molecule has 0 saturated heterocycles. The SMILES string of the molecule is CC(C)S(c1ncc(-c2ccc(N)c(N)n2)o1)(C(C)C)C(C)C. The molecule has 0 aromatic carbocycles. The molecule has 0 spiro atoms. The largest absolute Gasteiger partial charge is 0.431 e. The summed E-state index contributed by atoms with van der Waals surface area (Å²) in [5.41, 5.74) is 12.7. The van der Waals surface area contributed by atoms with Crippen LogP contribution in [-0.2, 0) is 0 Å². The van der Waals surface area contributed by atoms with Crippen molar-refractivity contribution < 1.29 is 4.42 Å². The van der Waals surface area contributed by atoms with Gasteiger partial charge in [-0.2, -0.15) is 10.0 Å². The predicted molar refractivity (Wildman–Crippen MR) is 99.8 cm³/mol. The number of aromatic nitrogens is 2. The normalized spacial score (nSPS) is 13.3. The number of hydrogen-bond donors (Lipinski definition) is 2. The predicted octanol–water partition coefficient (Wildman–Crippen LogP) is 4.29. The van der Waals surface area contributed by atoms with E-state index in [4.69, 9.17) is 15.9 Å². The summed E-state index contributed by atoms with van der Waals surface area (Å²) in [4.78, 5) is 8.94. The van der Waals surface area contributed by atoms with Crippen LogP contribution < -0.4 is 11.5 Å². The third kappa shape index (κ3) is 2.92. The van der Waals surface area contributed by atoms with Gasteiger partial charge in [0.05, 0.1) is 11.9 Å². The maximum atomic E-state index is 6.18. The standard InChI is InChI=1S/C17H28N4OS/c1-10(2)23(11(3)4,12(5)6)17-20-9-15(22-17)14-8-7-13(18)16(19)21-14/h7-12H,18H2,1-6H3,(H2,19,21). The summed E-state index contributed by atoms with van der Waals surface area (Å²) in [5, 5.41) is 2.31. The molecular weight excluding hydrogens is 308 g/mol. The maximum absolute atomic E-state index is 6.18. The van der Waals surface area contributed by atoms with Crippen LogP contribution in [0, 0.1) is 0 Å². The molecule has 0 amide bonds. The lowest BCUT2D eigenvalue weighted by molar-refractivity contribution is 0.455. The van der Waals surface area contributed by atoms with E-state index in [0.717, 1.165) is 5.22 Å². The van der Waals surface area contributed by atoms with E-state index in [1.54, 1.807) is 12.3 Å². The van der Waals surface area contributed by atoms with Crippen molar-refractivity contribution in [1.29, 1.82) is 0 Å². The van der Waals surface area contributed by atoms with Gasteiger partial charge in [-0.25, -0.2) is 9.97 Å². The zero-order valence-electron chi connectivity index (χ0n) is 14.8. The van der Waals surface area contributed by atoms with Crippen molar-refractivity contribution >= 4 is 21.5 Å². The van der Waals surface area contributed by atoms with E-state index in [2.05, 4.69) is 51.5 Å². The quantitative estimate of drug-likeness (QED) is 0.850. The van der Waals surface area contributed by atoms with Crippen molar-refractivity contribution in [3.05, 3.63) is 18.3 Å². The van der Waals surface area contributed by atoms with Crippen molar-refractivity contribution in [2.75, 3.05) is 11.5 Å². The topological polar surface area (TPSA) is 91.0 Å². The Labute approximate surface area is 140 Å². The second kappa shape index (κ2) is 6.43. The summed E-state index contributed by atoms with van der Waals surface area (Å²) in [6.07, 6.45) is 1.75. The molecule has 23 heavy (non-hydrogen) atoms. The molecular formula is C17H28N4OS. The van der Waals surface area contributed by atoms with Gasteiger partial charge in [0, 0.05) is 0 Å². The Morgan fingerprint density at radius 1 is 0.957 bits per heavy atom. The van der Waals surface area contributed by atoms with Crippen LogP contribution >= 0.6 is 10.0 Å². The van der Waals surface area contributed by atoms with E-state index in [0.29, 0.717) is 38.7 Å². The molecule has 0 fully saturated rings. The van der Waals surface area contributed by atoms with Crippen molar-refractivity contribution in [1.82, 2.24) is 9.97 Å². The monoisotopic (exact) mass is 336 g/mol. The first-order chi connectivity index (χ1) is 10.7. The zero-order chi connectivity index (χ0) is 17.4. The second-order valence-electron chi connectivity index (χ2n) is 6.57. The fourth-order valence-corrected chi connectivity index (χ4v) is 8.35. The van der Waals surface area contributed by atoms with Gasteiger partial charge >= 0.3 is 0 Å². The van der Waals surface area contributed by atoms with Crippen molar-refractivity contribution in [3.8, 4) is 11.5 Å². The smallest absolute Gasteiger partial charge is 0.239 e. The van der Waals surface area contributed by atoms with Gasteiger partial charge in [0.1, 0.15) is 11.5 Å². The average molecular weight is 337 g/mol. The Morgan fingerprint density at radius 3 is 2.00 bits per heavy atom. The van der Waals surface area contributed by atoms with Crippen molar-refractivity contribution in [2.45, 2.75) is 62.5 Å². The summed E-state index contributed by atoms with van der Waals surface area (Å²) < 4.78 is 6.18. The van der Waals surface area contributed by atoms with Gasteiger partial charge in [0.25, 0.3) is 0 Å². The average Bonchev–Trinajstić information content (AvgIpc) is 2.91. The molecule has 4 N–H and O–H groups in total. The molecule has 0 atom stereocenters. The van der Waals surface area contributed by atoms with Gasteiger partial charge in [0.15, 0.2) is 5.76 Å². The summed E-state index contributed by atoms with van der Waals surface area (Å²) >= 11 is 0. The number of rotatable bonds is 5. The van der Waals surface area contributed by atoms with Crippen LogP contribution in [-0.4, -0.2) is 25.7 Å². The highest BCUT2D eigenvalue weighted by Gasteiger charge is 2.40. The number of anilines is 2. The Hall–Kier alpha value is -1.69. The molecule has 0 aliphatic rings. The number of nitrogen functional groups attached to an aromatic ring is 2. The molecule has 128 valence electrons. The minimum atomic E-state index is -1.19. The highest BCUT2D eigenvalue weighted by molar-refractivity contribution is 8.34. The molecule has 0 aliphatic carbocycles. The van der Waals surface area contributed by atoms with Crippen LogP contribution in [0.1, 0.15) is 41.5 Å². The zero-order valence-corrected chi connectivity index (χ0v) is 15.6. The molecule has 5 nitrogen and oxygen atoms in total. The number of hydrogen-bond acceptors (Lipinski definition) is 5. The van der Waals surface area contributed by atoms with E-state index >= 15 is 0 Å². The second-order valence-corrected chi connectivity index (χ2v) is 11.3. The third-order valence-corrected chi connectivity index (χ3v) is 9.81. The van der Waals surface area contributed by atoms with E-state index < -0.39 is 10.0 Å². The fourth-order valence-electron chi connectivity index (χ4n) is 3.40. The number of nitrogens with two attached hydrogens (primary N) is 2. The van der Waals surface area contributed by atoms with Gasteiger partial charge in [0.2, 0.25) is 5.22 Å². The molecule has 0 unspecified atom stereocenters. The van der Waals surface area contributed by atoms with E-state index in [1.165, 1.54) is 0 Å². The summed E-state index contributed by atoms with van der Waals surface area (Å²) in [6, 6.07) is 3.56. The van der Waals surface area contributed by atoms with E-state index in [-0.39, 0.29) is 0 Å². The number of oxazole rings is 1. The summed E-state index contributed by atoms with van der Waals surface area (Å²) in [6.45, 7) is 13.6. The molecule has 0 radical (unpaired) electrons. The maximum Gasteiger partial charge on any atom is 0.239 e. The van der Waals surface area contributed by atoms with Crippen LogP contribution in [0.4, 0.5) is 11.5 Å². The van der Waals surface area contributed by atoms with Crippen LogP contribution in [0.5, 0.6) is 0 Å². The number of nitrogens with zero attached hydrogens (tertiary/aromatic N) is 2. The first-order valence-corrected chi connectivity index (χ1v) is 9.81. The first kappa shape index (κ1) is 17.7. The number of pyridine rings is 1. The van der Waals surface area contributed by atoms with E-state index in [9.17, 15) is 0 Å². The first-order valence-electron chi connectivity index (χ1n) is 7.99. The van der Waals surface area contributed by atoms with Gasteiger partial charge in [-0.3, -0.25) is 0 Å². The summed E-state index contributed by atoms with van der Waals surface area (Å²) in [7, 11) is -1.19. The minimum absolute atomic E-state index is 0.315. The molecule has 2 aromatic heterocycles. The highest BCUT2D eigenvalue weighted by Crippen LogP contribution is 2.66. The van der Waals surface area contributed by atoms with Crippen LogP contribution in [0.25, 0.3) is 11.5 Å². The lowest BCUT2D eigenvalue weighted by atomic mass is 10.3. The fraction of sp³-hybridized carbons (Fsp3) is 0.529. The van der Waals surface area contributed by atoms with Gasteiger partial charge in [-0.05, 0) is 27.9 Å². The lowest BCUT2D eigenvalue weighted by Gasteiger charge is -2.48. The molecule has 0 saturated carbocycles. The summed E-state index contributed by atoms with van der Waals surface area (Å²) in [5.74, 6) is 0.959. The third-order valence-electron chi connectivity index (χ3n) is 4.34. The molecule has 2 aromatic rings. The van der Waals surface area contributed by atoms with Gasteiger partial charge in [-0.1, -0.05) is 41.5 Å². The molecule has 2 heterocycles. The van der Waals surface area contributed by atoms with E-state index in [1.807, 2.05) is 6.07 Å². The van der Waals surface area contributed by atoms with Crippen LogP contribution in [0.2, 0.25) is 0 Å². The Morgan fingerprint density at radius 2 is 1.52 bits per heavy atom. The Bertz CT molecular complexity index is 657. The van der Waals surface area contributed by atoms with Crippen molar-refractivity contribution in [2.24, 2.45) is 0 Å². The molecule has 0 bridgehead atoms. The van der Waals surface area contributed by atoms with Gasteiger partial charge in [-0.15, -0.1) is 0 Å². The van der Waals surface area contributed by atoms with Gasteiger partial charge < -0.3 is 15.9 Å². The molecule has 2 rings (SSSR count). The lowest BCUT2D eigenvalue weighted by Crippen LogP contribution is -2.29. The van der Waals surface area contributed by atoms with Crippen molar-refractivity contribution in [3.63, 3.8) is 0 Å². The molecule has 0 aliphatic heterocycles. The highest BCUT2D eigenvalue weighted by atomic mass is 32.3. The van der Waals surface area contributed by atoms with Crippen LogP contribution in [0.3, 0.4) is 0 Å². The minimum Gasteiger partial charge on any atom is -0.431 e.